The smallest absolute Gasteiger partial charge is 0.161 e. The molecule has 18 heavy (non-hydrogen) atoms. The van der Waals surface area contributed by atoms with Crippen molar-refractivity contribution < 1.29 is 5.11 Å². The van der Waals surface area contributed by atoms with Crippen molar-refractivity contribution in [2.45, 2.75) is 31.2 Å². The van der Waals surface area contributed by atoms with E-state index in [2.05, 4.69) is 15.7 Å². The van der Waals surface area contributed by atoms with Crippen LogP contribution in [0.15, 0.2) is 6.07 Å². The first-order chi connectivity index (χ1) is 8.60. The average Bonchev–Trinajstić information content (AvgIpc) is 2.82. The number of anilines is 2. The molecule has 7 heteroatoms. The number of hydrogen-bond donors (Lipinski definition) is 4. The van der Waals surface area contributed by atoms with E-state index >= 15 is 0 Å². The molecule has 0 atom stereocenters. The minimum atomic E-state index is -0.337. The zero-order valence-electron chi connectivity index (χ0n) is 9.84. The molecular formula is C11H16Cl2N4O. The number of halogens is 2. The first kappa shape index (κ1) is 13.7. The molecule has 1 saturated carbocycles. The van der Waals surface area contributed by atoms with Crippen molar-refractivity contribution in [1.29, 1.82) is 0 Å². The first-order valence-corrected chi connectivity index (χ1v) is 6.57. The molecule has 0 aliphatic heterocycles. The summed E-state index contributed by atoms with van der Waals surface area (Å²) in [5.74, 6) is 6.17. The summed E-state index contributed by atoms with van der Waals surface area (Å²) >= 11 is 12.0. The average molecular weight is 291 g/mol. The lowest BCUT2D eigenvalue weighted by Crippen LogP contribution is -2.39. The minimum absolute atomic E-state index is 0.0546. The van der Waals surface area contributed by atoms with Crippen LogP contribution in [0.5, 0.6) is 0 Å². The molecule has 1 heterocycles. The predicted molar refractivity (Wildman–Crippen MR) is 74.0 cm³/mol. The van der Waals surface area contributed by atoms with Gasteiger partial charge in [0.05, 0.1) is 22.2 Å². The molecule has 0 amide bonds. The highest BCUT2D eigenvalue weighted by molar-refractivity contribution is 6.37. The van der Waals surface area contributed by atoms with Gasteiger partial charge in [-0.3, -0.25) is 0 Å². The maximum Gasteiger partial charge on any atom is 0.161 e. The van der Waals surface area contributed by atoms with Gasteiger partial charge in [-0.2, -0.15) is 0 Å². The minimum Gasteiger partial charge on any atom is -0.394 e. The molecule has 5 N–H and O–H groups in total. The maximum atomic E-state index is 9.55. The Bertz CT molecular complexity index is 435. The third kappa shape index (κ3) is 2.64. The molecule has 0 spiro atoms. The molecule has 1 aromatic rings. The fourth-order valence-electron chi connectivity index (χ4n) is 2.28. The third-order valence-electron chi connectivity index (χ3n) is 3.31. The van der Waals surface area contributed by atoms with E-state index in [1.807, 2.05) is 0 Å². The molecule has 0 saturated heterocycles. The number of pyridine rings is 1. The highest BCUT2D eigenvalue weighted by Crippen LogP contribution is 2.36. The Balaban J connectivity index is 2.27. The van der Waals surface area contributed by atoms with E-state index in [4.69, 9.17) is 29.0 Å². The Kier molecular flexibility index (Phi) is 4.17. The molecule has 0 aromatic carbocycles. The number of aromatic nitrogens is 1. The lowest BCUT2D eigenvalue weighted by molar-refractivity contribution is 0.214. The zero-order chi connectivity index (χ0) is 13.2. The van der Waals surface area contributed by atoms with Gasteiger partial charge in [-0.25, -0.2) is 10.8 Å². The second-order valence-electron chi connectivity index (χ2n) is 4.56. The number of nitrogens with one attached hydrogen (secondary N) is 2. The third-order valence-corrected chi connectivity index (χ3v) is 3.89. The number of hydrazine groups is 1. The molecule has 0 unspecified atom stereocenters. The Morgan fingerprint density at radius 2 is 1.89 bits per heavy atom. The molecule has 0 radical (unpaired) electrons. The van der Waals surface area contributed by atoms with E-state index in [9.17, 15) is 5.11 Å². The van der Waals surface area contributed by atoms with Crippen molar-refractivity contribution in [3.8, 4) is 0 Å². The number of nitrogens with zero attached hydrogens (tertiary/aromatic N) is 1. The van der Waals surface area contributed by atoms with E-state index in [1.165, 1.54) is 0 Å². The van der Waals surface area contributed by atoms with Crippen LogP contribution in [0.4, 0.5) is 11.6 Å². The molecule has 2 rings (SSSR count). The number of nitrogens with two attached hydrogens (primary N) is 1. The van der Waals surface area contributed by atoms with Crippen LogP contribution >= 0.6 is 23.2 Å². The highest BCUT2D eigenvalue weighted by Gasteiger charge is 2.34. The van der Waals surface area contributed by atoms with Gasteiger partial charge < -0.3 is 15.8 Å². The standard InChI is InChI=1S/C11H16Cl2N4O/c12-7-5-8(13)10(17-14)15-9(7)16-11(6-18)3-1-2-4-11/h5,18H,1-4,6,14H2,(H2,15,16,17). The van der Waals surface area contributed by atoms with Crippen molar-refractivity contribution >= 4 is 34.8 Å². The quantitative estimate of drug-likeness (QED) is 0.506. The van der Waals surface area contributed by atoms with Gasteiger partial charge in [0.2, 0.25) is 0 Å². The van der Waals surface area contributed by atoms with Crippen LogP contribution in [-0.4, -0.2) is 22.2 Å². The fourth-order valence-corrected chi connectivity index (χ4v) is 2.74. The van der Waals surface area contributed by atoms with Crippen molar-refractivity contribution in [3.05, 3.63) is 16.1 Å². The molecule has 5 nitrogen and oxygen atoms in total. The Hall–Kier alpha value is -0.750. The van der Waals surface area contributed by atoms with Gasteiger partial charge in [-0.05, 0) is 18.9 Å². The number of aliphatic hydroxyl groups is 1. The van der Waals surface area contributed by atoms with Gasteiger partial charge >= 0.3 is 0 Å². The van der Waals surface area contributed by atoms with Crippen molar-refractivity contribution in [2.75, 3.05) is 17.3 Å². The fraction of sp³-hybridized carbons (Fsp3) is 0.545. The second kappa shape index (κ2) is 5.48. The Morgan fingerprint density at radius 3 is 2.44 bits per heavy atom. The van der Waals surface area contributed by atoms with E-state index in [-0.39, 0.29) is 12.1 Å². The van der Waals surface area contributed by atoms with Crippen LogP contribution < -0.4 is 16.6 Å². The summed E-state index contributed by atoms with van der Waals surface area (Å²) in [7, 11) is 0. The summed E-state index contributed by atoms with van der Waals surface area (Å²) < 4.78 is 0. The number of nitrogen functional groups attached to an aromatic ring is 1. The van der Waals surface area contributed by atoms with Crippen LogP contribution in [-0.2, 0) is 0 Å². The molecule has 1 fully saturated rings. The van der Waals surface area contributed by atoms with E-state index in [0.717, 1.165) is 25.7 Å². The van der Waals surface area contributed by atoms with Gasteiger partial charge in [0.1, 0.15) is 5.82 Å². The number of rotatable bonds is 4. The normalized spacial score (nSPS) is 17.8. The molecule has 0 bridgehead atoms. The lowest BCUT2D eigenvalue weighted by atomic mass is 9.99. The van der Waals surface area contributed by atoms with Crippen LogP contribution in [0, 0.1) is 0 Å². The topological polar surface area (TPSA) is 83.2 Å². The Labute approximate surface area is 116 Å². The SMILES string of the molecule is NNc1nc(NC2(CO)CCCC2)c(Cl)cc1Cl. The monoisotopic (exact) mass is 290 g/mol. The Morgan fingerprint density at radius 1 is 1.28 bits per heavy atom. The highest BCUT2D eigenvalue weighted by atomic mass is 35.5. The van der Waals surface area contributed by atoms with Crippen LogP contribution in [0.1, 0.15) is 25.7 Å². The number of aliphatic hydroxyl groups excluding tert-OH is 1. The van der Waals surface area contributed by atoms with Gasteiger partial charge in [-0.1, -0.05) is 36.0 Å². The van der Waals surface area contributed by atoms with E-state index < -0.39 is 0 Å². The summed E-state index contributed by atoms with van der Waals surface area (Å²) in [4.78, 5) is 4.22. The summed E-state index contributed by atoms with van der Waals surface area (Å²) in [5, 5.41) is 13.6. The van der Waals surface area contributed by atoms with Crippen molar-refractivity contribution in [3.63, 3.8) is 0 Å². The van der Waals surface area contributed by atoms with E-state index in [0.29, 0.717) is 21.7 Å². The summed E-state index contributed by atoms with van der Waals surface area (Å²) in [6, 6.07) is 1.58. The first-order valence-electron chi connectivity index (χ1n) is 5.82. The molecule has 100 valence electrons. The van der Waals surface area contributed by atoms with Crippen molar-refractivity contribution in [1.82, 2.24) is 4.98 Å². The van der Waals surface area contributed by atoms with Gasteiger partial charge in [-0.15, -0.1) is 0 Å². The van der Waals surface area contributed by atoms with Gasteiger partial charge in [0, 0.05) is 0 Å². The number of hydrogen-bond acceptors (Lipinski definition) is 5. The molecule has 1 aliphatic rings. The van der Waals surface area contributed by atoms with Crippen LogP contribution in [0.3, 0.4) is 0 Å². The summed E-state index contributed by atoms with van der Waals surface area (Å²) in [6.45, 7) is 0.0546. The lowest BCUT2D eigenvalue weighted by Gasteiger charge is -2.29. The zero-order valence-corrected chi connectivity index (χ0v) is 11.4. The molecule has 1 aliphatic carbocycles. The predicted octanol–water partition coefficient (Wildman–Crippen LogP) is 2.39. The maximum absolute atomic E-state index is 9.55. The molecular weight excluding hydrogens is 275 g/mol. The van der Waals surface area contributed by atoms with Gasteiger partial charge in [0.25, 0.3) is 0 Å². The van der Waals surface area contributed by atoms with Crippen molar-refractivity contribution in [2.24, 2.45) is 5.84 Å². The van der Waals surface area contributed by atoms with Crippen LogP contribution in [0.25, 0.3) is 0 Å². The van der Waals surface area contributed by atoms with Gasteiger partial charge in [0.15, 0.2) is 5.82 Å². The van der Waals surface area contributed by atoms with Crippen LogP contribution in [0.2, 0.25) is 10.0 Å². The second-order valence-corrected chi connectivity index (χ2v) is 5.38. The van der Waals surface area contributed by atoms with E-state index in [1.54, 1.807) is 6.07 Å². The summed E-state index contributed by atoms with van der Waals surface area (Å²) in [5.41, 5.74) is 2.08. The largest absolute Gasteiger partial charge is 0.394 e. The molecule has 1 aromatic heterocycles. The summed E-state index contributed by atoms with van der Waals surface area (Å²) in [6.07, 6.45) is 3.96.